The van der Waals surface area contributed by atoms with E-state index in [0.717, 1.165) is 11.8 Å². The van der Waals surface area contributed by atoms with Crippen LogP contribution in [0.3, 0.4) is 0 Å². The van der Waals surface area contributed by atoms with E-state index in [1.807, 2.05) is 6.92 Å². The van der Waals surface area contributed by atoms with Crippen molar-refractivity contribution in [2.24, 2.45) is 12.8 Å². The molecular formula is C21H20F2N4O5. The van der Waals surface area contributed by atoms with Crippen LogP contribution in [0.1, 0.15) is 6.92 Å². The molecule has 3 aromatic rings. The molecule has 32 heavy (non-hydrogen) atoms. The highest BCUT2D eigenvalue weighted by Gasteiger charge is 2.43. The van der Waals surface area contributed by atoms with E-state index < -0.39 is 12.4 Å². The van der Waals surface area contributed by atoms with E-state index in [1.54, 1.807) is 42.2 Å². The normalized spacial score (nSPS) is 14.7. The summed E-state index contributed by atoms with van der Waals surface area (Å²) in [4.78, 5) is 12.4. The lowest BCUT2D eigenvalue weighted by Crippen LogP contribution is -2.25. The van der Waals surface area contributed by atoms with Gasteiger partial charge in [-0.1, -0.05) is 0 Å². The molecule has 0 radical (unpaired) electrons. The average Bonchev–Trinajstić information content (AvgIpc) is 3.27. The molecule has 168 valence electrons. The average molecular weight is 446 g/mol. The van der Waals surface area contributed by atoms with Crippen LogP contribution in [0, 0.1) is 0 Å². The maximum atomic E-state index is 13.1. The molecule has 9 nitrogen and oxygen atoms in total. The van der Waals surface area contributed by atoms with E-state index in [4.69, 9.17) is 15.2 Å². The lowest BCUT2D eigenvalue weighted by molar-refractivity contribution is -0.286. The van der Waals surface area contributed by atoms with Crippen molar-refractivity contribution in [2.75, 3.05) is 11.9 Å². The second-order valence-corrected chi connectivity index (χ2v) is 7.13. The fourth-order valence-corrected chi connectivity index (χ4v) is 3.04. The topological polar surface area (TPSA) is 110 Å². The summed E-state index contributed by atoms with van der Waals surface area (Å²) in [6.45, 7) is 2.13. The van der Waals surface area contributed by atoms with Crippen LogP contribution in [0.4, 0.5) is 19.3 Å². The maximum absolute atomic E-state index is 13.1. The predicted molar refractivity (Wildman–Crippen MR) is 110 cm³/mol. The summed E-state index contributed by atoms with van der Waals surface area (Å²) < 4.78 is 47.6. The van der Waals surface area contributed by atoms with Crippen molar-refractivity contribution in [2.45, 2.75) is 19.3 Å². The Morgan fingerprint density at radius 2 is 2.00 bits per heavy atom. The number of nitrogens with two attached hydrogens (primary N) is 1. The van der Waals surface area contributed by atoms with Gasteiger partial charge in [0.1, 0.15) is 18.1 Å². The number of carbonyl (C=O) groups is 1. The number of aromatic nitrogens is 2. The molecule has 3 N–H and O–H groups in total. The van der Waals surface area contributed by atoms with Gasteiger partial charge in [-0.3, -0.25) is 10.00 Å². The molecule has 1 atom stereocenters. The van der Waals surface area contributed by atoms with E-state index >= 15 is 0 Å². The number of halogens is 2. The summed E-state index contributed by atoms with van der Waals surface area (Å²) in [7, 11) is 1.78. The van der Waals surface area contributed by atoms with Crippen molar-refractivity contribution in [3.8, 4) is 34.3 Å². The van der Waals surface area contributed by atoms with Gasteiger partial charge < -0.3 is 24.7 Å². The highest BCUT2D eigenvalue weighted by atomic mass is 19.3. The molecule has 4 rings (SSSR count). The molecule has 0 bridgehead atoms. The SMILES string of the molecule is C[C@H](N)COc1ccc(NC(=O)Oc2ccc3c(c2)OC(F)(F)O3)cc1-c1ccnn1C. The van der Waals surface area contributed by atoms with E-state index in [9.17, 15) is 13.6 Å². The van der Waals surface area contributed by atoms with Crippen LogP contribution in [-0.2, 0) is 7.05 Å². The number of nitrogens with one attached hydrogen (secondary N) is 1. The molecule has 2 heterocycles. The number of aryl methyl sites for hydroxylation is 1. The first-order valence-electron chi connectivity index (χ1n) is 9.60. The van der Waals surface area contributed by atoms with Crippen molar-refractivity contribution >= 4 is 11.8 Å². The molecule has 0 saturated heterocycles. The Morgan fingerprint density at radius 3 is 2.72 bits per heavy atom. The summed E-state index contributed by atoms with van der Waals surface area (Å²) in [5.41, 5.74) is 7.66. The van der Waals surface area contributed by atoms with E-state index in [0.29, 0.717) is 23.6 Å². The number of nitrogens with zero attached hydrogens (tertiary/aromatic N) is 2. The van der Waals surface area contributed by atoms with Crippen molar-refractivity contribution < 1.29 is 32.5 Å². The van der Waals surface area contributed by atoms with E-state index in [-0.39, 0.29) is 23.3 Å². The minimum Gasteiger partial charge on any atom is -0.491 e. The predicted octanol–water partition coefficient (Wildman–Crippen LogP) is 3.75. The van der Waals surface area contributed by atoms with Gasteiger partial charge in [-0.2, -0.15) is 5.10 Å². The minimum atomic E-state index is -3.75. The molecule has 2 aromatic carbocycles. The van der Waals surface area contributed by atoms with E-state index in [1.165, 1.54) is 12.1 Å². The van der Waals surface area contributed by atoms with Crippen LogP contribution in [0.2, 0.25) is 0 Å². The maximum Gasteiger partial charge on any atom is 0.586 e. The highest BCUT2D eigenvalue weighted by molar-refractivity contribution is 5.88. The van der Waals surface area contributed by atoms with Crippen molar-refractivity contribution in [1.29, 1.82) is 0 Å². The first kappa shape index (κ1) is 21.4. The molecule has 11 heteroatoms. The lowest BCUT2D eigenvalue weighted by atomic mass is 10.1. The number of amides is 1. The van der Waals surface area contributed by atoms with Crippen molar-refractivity contribution in [3.63, 3.8) is 0 Å². The Balaban J connectivity index is 1.50. The van der Waals surface area contributed by atoms with Gasteiger partial charge in [0.2, 0.25) is 0 Å². The zero-order valence-electron chi connectivity index (χ0n) is 17.2. The zero-order valence-corrected chi connectivity index (χ0v) is 17.2. The molecule has 0 spiro atoms. The van der Waals surface area contributed by atoms with Crippen molar-refractivity contribution in [1.82, 2.24) is 9.78 Å². The largest absolute Gasteiger partial charge is 0.586 e. The van der Waals surface area contributed by atoms with Gasteiger partial charge >= 0.3 is 12.4 Å². The Hall–Kier alpha value is -3.86. The Kier molecular flexibility index (Phi) is 5.57. The Bertz CT molecular complexity index is 1150. The number of hydrogen-bond acceptors (Lipinski definition) is 7. The molecule has 1 aliphatic rings. The fraction of sp³-hybridized carbons (Fsp3) is 0.238. The van der Waals surface area contributed by atoms with Gasteiger partial charge in [-0.25, -0.2) is 4.79 Å². The fourth-order valence-electron chi connectivity index (χ4n) is 3.04. The number of fused-ring (bicyclic) bond motifs is 1. The van der Waals surface area contributed by atoms with Gasteiger partial charge in [-0.15, -0.1) is 8.78 Å². The molecular weight excluding hydrogens is 426 g/mol. The monoisotopic (exact) mass is 446 g/mol. The van der Waals surface area contributed by atoms with Crippen LogP contribution >= 0.6 is 0 Å². The van der Waals surface area contributed by atoms with Gasteiger partial charge in [0.15, 0.2) is 11.5 Å². The van der Waals surface area contributed by atoms with Gasteiger partial charge in [0.05, 0.1) is 5.69 Å². The molecule has 0 unspecified atom stereocenters. The number of alkyl halides is 2. The van der Waals surface area contributed by atoms with Crippen LogP contribution < -0.4 is 30.0 Å². The zero-order chi connectivity index (χ0) is 22.9. The van der Waals surface area contributed by atoms with Crippen LogP contribution in [0.15, 0.2) is 48.7 Å². The standard InChI is InChI=1S/C21H20F2N4O5/c1-12(24)11-29-17-5-3-13(9-15(17)16-7-8-25-27(16)2)26-20(28)30-14-4-6-18-19(10-14)32-21(22,23)31-18/h3-10,12H,11,24H2,1-2H3,(H,26,28)/t12-/m0/s1. The van der Waals surface area contributed by atoms with Crippen LogP contribution in [0.5, 0.6) is 23.0 Å². The molecule has 1 aromatic heterocycles. The molecule has 0 aliphatic carbocycles. The third kappa shape index (κ3) is 4.72. The number of hydrogen-bond donors (Lipinski definition) is 2. The quantitative estimate of drug-likeness (QED) is 0.594. The summed E-state index contributed by atoms with van der Waals surface area (Å²) >= 11 is 0. The number of ether oxygens (including phenoxy) is 4. The lowest BCUT2D eigenvalue weighted by Gasteiger charge is -2.15. The van der Waals surface area contributed by atoms with E-state index in [2.05, 4.69) is 19.9 Å². The third-order valence-corrected chi connectivity index (χ3v) is 4.41. The molecule has 1 aliphatic heterocycles. The molecule has 0 fully saturated rings. The first-order chi connectivity index (χ1) is 15.2. The van der Waals surface area contributed by atoms with Crippen LogP contribution in [-0.4, -0.2) is 34.8 Å². The minimum absolute atomic E-state index is 0.00583. The number of rotatable bonds is 6. The number of benzene rings is 2. The second kappa shape index (κ2) is 8.35. The van der Waals surface area contributed by atoms with Gasteiger partial charge in [0.25, 0.3) is 0 Å². The summed E-state index contributed by atoms with van der Waals surface area (Å²) in [5, 5.41) is 6.76. The Labute approximate surface area is 181 Å². The smallest absolute Gasteiger partial charge is 0.491 e. The highest BCUT2D eigenvalue weighted by Crippen LogP contribution is 2.42. The van der Waals surface area contributed by atoms with Crippen molar-refractivity contribution in [3.05, 3.63) is 48.7 Å². The summed E-state index contributed by atoms with van der Waals surface area (Å²) in [5.74, 6) is 0.202. The third-order valence-electron chi connectivity index (χ3n) is 4.41. The van der Waals surface area contributed by atoms with Gasteiger partial charge in [0, 0.05) is 36.6 Å². The second-order valence-electron chi connectivity index (χ2n) is 7.13. The number of anilines is 1. The first-order valence-corrected chi connectivity index (χ1v) is 9.60. The van der Waals surface area contributed by atoms with Gasteiger partial charge in [-0.05, 0) is 43.3 Å². The summed E-state index contributed by atoms with van der Waals surface area (Å²) in [6, 6.07) is 10.4. The Morgan fingerprint density at radius 1 is 1.22 bits per heavy atom. The summed E-state index contributed by atoms with van der Waals surface area (Å²) in [6.07, 6.45) is -2.94. The van der Waals surface area contributed by atoms with Crippen LogP contribution in [0.25, 0.3) is 11.3 Å². The molecule has 0 saturated carbocycles. The molecule has 1 amide bonds. The number of carbonyl (C=O) groups excluding carboxylic acids is 1.